The summed E-state index contributed by atoms with van der Waals surface area (Å²) in [6.45, 7) is -0.543. The van der Waals surface area contributed by atoms with Crippen molar-refractivity contribution >= 4 is 23.2 Å². The van der Waals surface area contributed by atoms with Gasteiger partial charge in [0.25, 0.3) is 0 Å². The van der Waals surface area contributed by atoms with Gasteiger partial charge in [-0.15, -0.1) is 0 Å². The summed E-state index contributed by atoms with van der Waals surface area (Å²) in [6.07, 6.45) is -5.73. The normalized spacial score (nSPS) is 44.8. The molecule has 0 aromatic rings. The van der Waals surface area contributed by atoms with Crippen molar-refractivity contribution in [2.75, 3.05) is 6.61 Å². The lowest BCUT2D eigenvalue weighted by Gasteiger charge is -2.41. The molecule has 0 amide bonds. The van der Waals surface area contributed by atoms with Crippen molar-refractivity contribution in [1.29, 1.82) is 0 Å². The molecule has 5 nitrogen and oxygen atoms in total. The van der Waals surface area contributed by atoms with E-state index in [4.69, 9.17) is 33.4 Å². The molecule has 4 atom stereocenters. The molecule has 0 spiro atoms. The van der Waals surface area contributed by atoms with Crippen molar-refractivity contribution in [3.63, 3.8) is 0 Å². The summed E-state index contributed by atoms with van der Waals surface area (Å²) in [5, 5.41) is 36.4. The van der Waals surface area contributed by atoms with E-state index in [1.165, 1.54) is 0 Å². The Kier molecular flexibility index (Phi) is 3.40. The van der Waals surface area contributed by atoms with Gasteiger partial charge in [0, 0.05) is 0 Å². The van der Waals surface area contributed by atoms with Crippen molar-refractivity contribution < 1.29 is 25.2 Å². The number of aliphatic hydroxyl groups is 4. The first kappa shape index (κ1) is 11.5. The van der Waals surface area contributed by atoms with Gasteiger partial charge in [0.15, 0.2) is 10.6 Å². The van der Waals surface area contributed by atoms with Crippen LogP contribution in [0.15, 0.2) is 0 Å². The monoisotopic (exact) mass is 232 g/mol. The Morgan fingerprint density at radius 3 is 2.23 bits per heavy atom. The van der Waals surface area contributed by atoms with Crippen LogP contribution in [-0.2, 0) is 4.74 Å². The van der Waals surface area contributed by atoms with Crippen LogP contribution in [0.3, 0.4) is 0 Å². The largest absolute Gasteiger partial charge is 0.394 e. The highest BCUT2D eigenvalue weighted by Gasteiger charge is 2.53. The molecule has 0 bridgehead atoms. The zero-order valence-corrected chi connectivity index (χ0v) is 7.98. The van der Waals surface area contributed by atoms with Gasteiger partial charge in [0.05, 0.1) is 6.61 Å². The van der Waals surface area contributed by atoms with Crippen LogP contribution >= 0.6 is 23.2 Å². The number of hydrogen-bond acceptors (Lipinski definition) is 5. The first-order valence-corrected chi connectivity index (χ1v) is 4.35. The molecule has 0 aliphatic carbocycles. The Labute approximate surface area is 84.5 Å². The average molecular weight is 233 g/mol. The summed E-state index contributed by atoms with van der Waals surface area (Å²) >= 11 is 11.0. The summed E-state index contributed by atoms with van der Waals surface area (Å²) in [5.74, 6) is 0. The topological polar surface area (TPSA) is 90.2 Å². The van der Waals surface area contributed by atoms with E-state index in [2.05, 4.69) is 4.74 Å². The maximum Gasteiger partial charge on any atom is 0.196 e. The molecule has 0 aromatic heterocycles. The standard InChI is InChI=1S/C6H10Cl2O5/c7-6(8)4(11)3(10)2(1-9)13-5(6)12/h2-5,9-12H,1H2/t2-,3+,4-,5+/m0/s1. The van der Waals surface area contributed by atoms with E-state index < -0.39 is 35.5 Å². The maximum absolute atomic E-state index is 9.31. The number of hydrogen-bond donors (Lipinski definition) is 4. The minimum atomic E-state index is -1.98. The number of alkyl halides is 2. The highest BCUT2D eigenvalue weighted by molar-refractivity contribution is 6.49. The molecular weight excluding hydrogens is 223 g/mol. The first-order chi connectivity index (χ1) is 5.91. The van der Waals surface area contributed by atoms with Gasteiger partial charge in [0.1, 0.15) is 18.3 Å². The van der Waals surface area contributed by atoms with E-state index in [9.17, 15) is 10.2 Å². The molecule has 1 aliphatic rings. The van der Waals surface area contributed by atoms with Crippen LogP contribution in [0.1, 0.15) is 0 Å². The second-order valence-corrected chi connectivity index (χ2v) is 4.26. The summed E-state index contributed by atoms with van der Waals surface area (Å²) < 4.78 is 2.68. The van der Waals surface area contributed by atoms with Gasteiger partial charge in [-0.1, -0.05) is 23.2 Å². The minimum absolute atomic E-state index is 0.543. The van der Waals surface area contributed by atoms with E-state index in [1.807, 2.05) is 0 Å². The van der Waals surface area contributed by atoms with E-state index in [0.29, 0.717) is 0 Å². The SMILES string of the molecule is OC[C@@H]1O[C@@H](O)C(Cl)(Cl)[C@@H](O)[C@@H]1O. The van der Waals surface area contributed by atoms with Gasteiger partial charge >= 0.3 is 0 Å². The maximum atomic E-state index is 9.31. The molecule has 7 heteroatoms. The Hall–Kier alpha value is 0.380. The van der Waals surface area contributed by atoms with Crippen molar-refractivity contribution in [1.82, 2.24) is 0 Å². The molecule has 1 fully saturated rings. The Bertz CT molecular complexity index is 188. The van der Waals surface area contributed by atoms with Gasteiger partial charge < -0.3 is 25.2 Å². The molecule has 4 N–H and O–H groups in total. The summed E-state index contributed by atoms with van der Waals surface area (Å²) in [4.78, 5) is 0. The summed E-state index contributed by atoms with van der Waals surface area (Å²) in [6, 6.07) is 0. The minimum Gasteiger partial charge on any atom is -0.394 e. The van der Waals surface area contributed by atoms with E-state index in [1.54, 1.807) is 0 Å². The third kappa shape index (κ3) is 1.92. The van der Waals surface area contributed by atoms with Crippen molar-refractivity contribution in [2.24, 2.45) is 0 Å². The predicted molar refractivity (Wildman–Crippen MR) is 44.4 cm³/mol. The zero-order valence-electron chi connectivity index (χ0n) is 6.47. The fraction of sp³-hybridized carbons (Fsp3) is 1.00. The molecule has 0 saturated carbocycles. The van der Waals surface area contributed by atoms with E-state index in [0.717, 1.165) is 0 Å². The molecule has 13 heavy (non-hydrogen) atoms. The highest BCUT2D eigenvalue weighted by Crippen LogP contribution is 2.37. The fourth-order valence-corrected chi connectivity index (χ4v) is 1.43. The lowest BCUT2D eigenvalue weighted by Crippen LogP contribution is -2.61. The molecule has 1 saturated heterocycles. The number of ether oxygens (including phenoxy) is 1. The highest BCUT2D eigenvalue weighted by atomic mass is 35.5. The quantitative estimate of drug-likeness (QED) is 0.418. The van der Waals surface area contributed by atoms with Gasteiger partial charge in [-0.2, -0.15) is 0 Å². The number of halogens is 2. The molecule has 0 radical (unpaired) electrons. The third-order valence-electron chi connectivity index (χ3n) is 1.91. The summed E-state index contributed by atoms with van der Waals surface area (Å²) in [7, 11) is 0. The predicted octanol–water partition coefficient (Wildman–Crippen LogP) is -1.41. The number of rotatable bonds is 1. The molecule has 0 aromatic carbocycles. The van der Waals surface area contributed by atoms with Crippen LogP contribution in [0.2, 0.25) is 0 Å². The lowest BCUT2D eigenvalue weighted by atomic mass is 10.0. The van der Waals surface area contributed by atoms with Gasteiger partial charge in [-0.05, 0) is 0 Å². The second kappa shape index (κ2) is 3.86. The molecular formula is C6H10Cl2O5. The summed E-state index contributed by atoms with van der Waals surface area (Å²) in [5.41, 5.74) is 0. The molecule has 0 unspecified atom stereocenters. The van der Waals surface area contributed by atoms with Crippen molar-refractivity contribution in [3.8, 4) is 0 Å². The van der Waals surface area contributed by atoms with Crippen LogP contribution in [0, 0.1) is 0 Å². The third-order valence-corrected chi connectivity index (χ3v) is 2.73. The fourth-order valence-electron chi connectivity index (χ4n) is 1.06. The van der Waals surface area contributed by atoms with Crippen LogP contribution in [0.25, 0.3) is 0 Å². The first-order valence-electron chi connectivity index (χ1n) is 3.59. The Morgan fingerprint density at radius 2 is 1.77 bits per heavy atom. The second-order valence-electron chi connectivity index (χ2n) is 2.82. The van der Waals surface area contributed by atoms with Crippen LogP contribution in [0.5, 0.6) is 0 Å². The van der Waals surface area contributed by atoms with Gasteiger partial charge in [0.2, 0.25) is 0 Å². The molecule has 78 valence electrons. The lowest BCUT2D eigenvalue weighted by molar-refractivity contribution is -0.244. The zero-order chi connectivity index (χ0) is 10.2. The average Bonchev–Trinajstić information content (AvgIpc) is 2.09. The Balaban J connectivity index is 2.79. The Morgan fingerprint density at radius 1 is 1.23 bits per heavy atom. The van der Waals surface area contributed by atoms with Crippen LogP contribution in [-0.4, -0.2) is 56.0 Å². The van der Waals surface area contributed by atoms with Gasteiger partial charge in [-0.3, -0.25) is 0 Å². The number of aliphatic hydroxyl groups excluding tert-OH is 4. The van der Waals surface area contributed by atoms with Crippen LogP contribution in [0.4, 0.5) is 0 Å². The smallest absolute Gasteiger partial charge is 0.196 e. The van der Waals surface area contributed by atoms with Crippen molar-refractivity contribution in [3.05, 3.63) is 0 Å². The van der Waals surface area contributed by atoms with Crippen LogP contribution < -0.4 is 0 Å². The van der Waals surface area contributed by atoms with E-state index >= 15 is 0 Å². The molecule has 1 rings (SSSR count). The molecule has 1 aliphatic heterocycles. The molecule has 1 heterocycles. The van der Waals surface area contributed by atoms with Gasteiger partial charge in [-0.25, -0.2) is 0 Å². The van der Waals surface area contributed by atoms with Crippen molar-refractivity contribution in [2.45, 2.75) is 28.9 Å². The van der Waals surface area contributed by atoms with E-state index in [-0.39, 0.29) is 0 Å².